The zero-order valence-electron chi connectivity index (χ0n) is 17.2. The maximum atomic E-state index is 12.7. The lowest BCUT2D eigenvalue weighted by Crippen LogP contribution is -2.36. The molecule has 1 aliphatic rings. The highest BCUT2D eigenvalue weighted by molar-refractivity contribution is 5.93. The number of hydrogen-bond acceptors (Lipinski definition) is 5. The Morgan fingerprint density at radius 1 is 1.13 bits per heavy atom. The van der Waals surface area contributed by atoms with Gasteiger partial charge in [0, 0.05) is 18.2 Å². The second kappa shape index (κ2) is 9.59. The van der Waals surface area contributed by atoms with Crippen LogP contribution in [0.5, 0.6) is 5.75 Å². The minimum absolute atomic E-state index is 0.118. The molecule has 1 fully saturated rings. The van der Waals surface area contributed by atoms with E-state index < -0.39 is 0 Å². The first-order chi connectivity index (χ1) is 14.7. The number of nitrogens with one attached hydrogen (secondary N) is 1. The van der Waals surface area contributed by atoms with Crippen molar-refractivity contribution in [2.75, 3.05) is 26.2 Å². The van der Waals surface area contributed by atoms with Gasteiger partial charge in [-0.1, -0.05) is 47.6 Å². The summed E-state index contributed by atoms with van der Waals surface area (Å²) in [5.41, 5.74) is 2.36. The molecule has 2 heterocycles. The maximum Gasteiger partial charge on any atom is 0.273 e. The van der Waals surface area contributed by atoms with Crippen molar-refractivity contribution in [3.8, 4) is 17.1 Å². The fourth-order valence-electron chi connectivity index (χ4n) is 3.86. The number of nitrogens with zero attached hydrogens (tertiary/aromatic N) is 2. The van der Waals surface area contributed by atoms with E-state index in [1.54, 1.807) is 6.07 Å². The van der Waals surface area contributed by atoms with E-state index in [9.17, 15) is 4.79 Å². The first-order valence-electron chi connectivity index (χ1n) is 10.5. The molecule has 0 radical (unpaired) electrons. The highest BCUT2D eigenvalue weighted by Crippen LogP contribution is 2.26. The van der Waals surface area contributed by atoms with Crippen molar-refractivity contribution in [3.63, 3.8) is 0 Å². The van der Waals surface area contributed by atoms with Crippen LogP contribution in [0.3, 0.4) is 0 Å². The second-order valence-corrected chi connectivity index (χ2v) is 7.41. The number of rotatable bonds is 8. The van der Waals surface area contributed by atoms with E-state index >= 15 is 0 Å². The van der Waals surface area contributed by atoms with Crippen LogP contribution in [-0.4, -0.2) is 42.2 Å². The Hall–Kier alpha value is -3.12. The molecule has 0 aliphatic carbocycles. The van der Waals surface area contributed by atoms with E-state index in [0.717, 1.165) is 24.4 Å². The number of benzene rings is 2. The standard InChI is InChI=1S/C24H27N3O3/c1-2-29-20-12-10-18(11-13-20)22(27-14-6-7-15-27)17-25-24(28)21-16-23(30-26-21)19-8-4-3-5-9-19/h3-5,8-13,16,22H,2,6-7,14-15,17H2,1H3,(H,25,28)/t22-/m0/s1. The summed E-state index contributed by atoms with van der Waals surface area (Å²) in [6, 6.07) is 19.6. The van der Waals surface area contributed by atoms with Crippen LogP contribution >= 0.6 is 0 Å². The van der Waals surface area contributed by atoms with Crippen molar-refractivity contribution in [2.24, 2.45) is 0 Å². The molecular formula is C24H27N3O3. The van der Waals surface area contributed by atoms with E-state index in [2.05, 4.69) is 27.5 Å². The molecule has 0 bridgehead atoms. The Morgan fingerprint density at radius 2 is 1.87 bits per heavy atom. The molecule has 1 amide bonds. The summed E-state index contributed by atoms with van der Waals surface area (Å²) in [4.78, 5) is 15.1. The van der Waals surface area contributed by atoms with Crippen LogP contribution in [0.25, 0.3) is 11.3 Å². The highest BCUT2D eigenvalue weighted by Gasteiger charge is 2.25. The van der Waals surface area contributed by atoms with Crippen molar-refractivity contribution in [2.45, 2.75) is 25.8 Å². The maximum absolute atomic E-state index is 12.7. The van der Waals surface area contributed by atoms with Gasteiger partial charge < -0.3 is 14.6 Å². The molecule has 0 spiro atoms. The number of ether oxygens (including phenoxy) is 1. The van der Waals surface area contributed by atoms with Gasteiger partial charge in [0.25, 0.3) is 5.91 Å². The highest BCUT2D eigenvalue weighted by atomic mass is 16.5. The lowest BCUT2D eigenvalue weighted by Gasteiger charge is -2.28. The lowest BCUT2D eigenvalue weighted by molar-refractivity contribution is 0.0929. The minimum Gasteiger partial charge on any atom is -0.494 e. The van der Waals surface area contributed by atoms with E-state index in [-0.39, 0.29) is 11.9 Å². The van der Waals surface area contributed by atoms with E-state index in [0.29, 0.717) is 24.6 Å². The topological polar surface area (TPSA) is 67.6 Å². The Morgan fingerprint density at radius 3 is 2.57 bits per heavy atom. The molecule has 4 rings (SSSR count). The van der Waals surface area contributed by atoms with Crippen LogP contribution < -0.4 is 10.1 Å². The van der Waals surface area contributed by atoms with Gasteiger partial charge in [0.2, 0.25) is 0 Å². The zero-order valence-corrected chi connectivity index (χ0v) is 17.2. The van der Waals surface area contributed by atoms with Gasteiger partial charge in [0.05, 0.1) is 12.6 Å². The first kappa shape index (κ1) is 20.2. The second-order valence-electron chi connectivity index (χ2n) is 7.41. The van der Waals surface area contributed by atoms with Gasteiger partial charge in [0.1, 0.15) is 5.75 Å². The molecule has 3 aromatic rings. The molecule has 1 atom stereocenters. The summed E-state index contributed by atoms with van der Waals surface area (Å²) in [5, 5.41) is 7.00. The predicted molar refractivity (Wildman–Crippen MR) is 115 cm³/mol. The van der Waals surface area contributed by atoms with Crippen molar-refractivity contribution in [1.29, 1.82) is 0 Å². The number of carbonyl (C=O) groups excluding carboxylic acids is 1. The molecule has 1 N–H and O–H groups in total. The average Bonchev–Trinajstić information content (AvgIpc) is 3.48. The third-order valence-corrected chi connectivity index (χ3v) is 5.41. The van der Waals surface area contributed by atoms with E-state index in [4.69, 9.17) is 9.26 Å². The number of likely N-dealkylation sites (tertiary alicyclic amines) is 1. The number of carbonyl (C=O) groups is 1. The summed E-state index contributed by atoms with van der Waals surface area (Å²) in [6.45, 7) is 5.21. The van der Waals surface area contributed by atoms with Gasteiger partial charge in [-0.05, 0) is 50.6 Å². The zero-order chi connectivity index (χ0) is 20.8. The molecule has 2 aromatic carbocycles. The van der Waals surface area contributed by atoms with Gasteiger partial charge in [-0.15, -0.1) is 0 Å². The van der Waals surface area contributed by atoms with Gasteiger partial charge in [-0.25, -0.2) is 0 Å². The Balaban J connectivity index is 1.44. The van der Waals surface area contributed by atoms with Crippen LogP contribution in [-0.2, 0) is 0 Å². The molecule has 6 heteroatoms. The van der Waals surface area contributed by atoms with Gasteiger partial charge in [-0.2, -0.15) is 0 Å². The quantitative estimate of drug-likeness (QED) is 0.605. The summed E-state index contributed by atoms with van der Waals surface area (Å²) in [6.07, 6.45) is 2.37. The third kappa shape index (κ3) is 4.71. The average molecular weight is 405 g/mol. The van der Waals surface area contributed by atoms with Crippen molar-refractivity contribution in [3.05, 3.63) is 71.9 Å². The molecule has 156 valence electrons. The van der Waals surface area contributed by atoms with Crippen molar-refractivity contribution >= 4 is 5.91 Å². The number of aromatic nitrogens is 1. The Kier molecular flexibility index (Phi) is 6.44. The predicted octanol–water partition coefficient (Wildman–Crippen LogP) is 4.31. The van der Waals surface area contributed by atoms with Crippen LogP contribution in [0.4, 0.5) is 0 Å². The molecule has 0 saturated carbocycles. The fraction of sp³-hybridized carbons (Fsp3) is 0.333. The molecule has 6 nitrogen and oxygen atoms in total. The molecule has 1 aromatic heterocycles. The van der Waals surface area contributed by atoms with Crippen LogP contribution in [0, 0.1) is 0 Å². The van der Waals surface area contributed by atoms with E-state index in [1.807, 2.05) is 49.4 Å². The Bertz CT molecular complexity index is 947. The molecule has 1 saturated heterocycles. The number of hydrogen-bond donors (Lipinski definition) is 1. The SMILES string of the molecule is CCOc1ccc([C@H](CNC(=O)c2cc(-c3ccccc3)on2)N2CCCC2)cc1. The smallest absolute Gasteiger partial charge is 0.273 e. The summed E-state index contributed by atoms with van der Waals surface area (Å²) in [5.74, 6) is 1.22. The van der Waals surface area contributed by atoms with Gasteiger partial charge in [-0.3, -0.25) is 9.69 Å². The normalized spacial score (nSPS) is 15.1. The summed E-state index contributed by atoms with van der Waals surface area (Å²) < 4.78 is 10.9. The molecular weight excluding hydrogens is 378 g/mol. The molecule has 1 aliphatic heterocycles. The minimum atomic E-state index is -0.226. The van der Waals surface area contributed by atoms with Gasteiger partial charge >= 0.3 is 0 Å². The summed E-state index contributed by atoms with van der Waals surface area (Å²) >= 11 is 0. The van der Waals surface area contributed by atoms with Crippen molar-refractivity contribution < 1.29 is 14.1 Å². The molecule has 30 heavy (non-hydrogen) atoms. The van der Waals surface area contributed by atoms with Crippen LogP contribution in [0.15, 0.2) is 65.2 Å². The van der Waals surface area contributed by atoms with Crippen LogP contribution in [0.2, 0.25) is 0 Å². The summed E-state index contributed by atoms with van der Waals surface area (Å²) in [7, 11) is 0. The monoisotopic (exact) mass is 405 g/mol. The fourth-order valence-corrected chi connectivity index (χ4v) is 3.86. The molecule has 0 unspecified atom stereocenters. The van der Waals surface area contributed by atoms with E-state index in [1.165, 1.54) is 18.4 Å². The largest absolute Gasteiger partial charge is 0.494 e. The van der Waals surface area contributed by atoms with Crippen LogP contribution in [0.1, 0.15) is 41.9 Å². The third-order valence-electron chi connectivity index (χ3n) is 5.41. The van der Waals surface area contributed by atoms with Gasteiger partial charge in [0.15, 0.2) is 11.5 Å². The number of amides is 1. The first-order valence-corrected chi connectivity index (χ1v) is 10.5. The van der Waals surface area contributed by atoms with Crippen molar-refractivity contribution in [1.82, 2.24) is 15.4 Å². The lowest BCUT2D eigenvalue weighted by atomic mass is 10.1. The Labute approximate surface area is 176 Å².